The Morgan fingerprint density at radius 2 is 1.70 bits per heavy atom. The van der Waals surface area contributed by atoms with E-state index in [0.717, 1.165) is 0 Å². The largest absolute Gasteiger partial charge is 0.379 e. The van der Waals surface area contributed by atoms with Crippen molar-refractivity contribution in [3.8, 4) is 0 Å². The molecule has 2 N–H and O–H groups in total. The van der Waals surface area contributed by atoms with Crippen LogP contribution in [0.1, 0.15) is 41.5 Å². The van der Waals surface area contributed by atoms with Crippen molar-refractivity contribution in [2.75, 3.05) is 19.8 Å². The van der Waals surface area contributed by atoms with Crippen LogP contribution in [0.3, 0.4) is 0 Å². The normalized spacial score (nSPS) is 14.5. The minimum absolute atomic E-state index is 0.215. The van der Waals surface area contributed by atoms with E-state index in [9.17, 15) is 9.59 Å². The Morgan fingerprint density at radius 3 is 2.20 bits per heavy atom. The maximum atomic E-state index is 11.8. The summed E-state index contributed by atoms with van der Waals surface area (Å²) in [4.78, 5) is 23.7. The minimum Gasteiger partial charge on any atom is -0.379 e. The SMILES string of the molecule is CCOCCOC(C)C(=O)NC(C)C(=O)NC(C)(C)C. The summed E-state index contributed by atoms with van der Waals surface area (Å²) in [6.07, 6.45) is -0.611. The molecule has 0 radical (unpaired) electrons. The Hall–Kier alpha value is -1.14. The van der Waals surface area contributed by atoms with Crippen LogP contribution in [-0.2, 0) is 19.1 Å². The number of ether oxygens (including phenoxy) is 2. The average Bonchev–Trinajstić information content (AvgIpc) is 2.32. The first kappa shape index (κ1) is 18.9. The molecule has 0 fully saturated rings. The maximum absolute atomic E-state index is 11.8. The summed E-state index contributed by atoms with van der Waals surface area (Å²) in [6.45, 7) is 12.3. The smallest absolute Gasteiger partial charge is 0.249 e. The molecule has 0 rings (SSSR count). The second-order valence-electron chi connectivity index (χ2n) is 5.68. The Balaban J connectivity index is 4.08. The molecule has 0 aromatic rings. The second kappa shape index (κ2) is 8.92. The van der Waals surface area contributed by atoms with Crippen molar-refractivity contribution >= 4 is 11.8 Å². The summed E-state index contributed by atoms with van der Waals surface area (Å²) < 4.78 is 10.4. The lowest BCUT2D eigenvalue weighted by molar-refractivity contribution is -0.136. The molecule has 0 spiro atoms. The molecule has 0 bridgehead atoms. The van der Waals surface area contributed by atoms with E-state index in [0.29, 0.717) is 19.8 Å². The Labute approximate surface area is 121 Å². The average molecular weight is 288 g/mol. The topological polar surface area (TPSA) is 76.7 Å². The zero-order valence-electron chi connectivity index (χ0n) is 13.4. The van der Waals surface area contributed by atoms with Crippen molar-refractivity contribution in [1.82, 2.24) is 10.6 Å². The number of amides is 2. The van der Waals surface area contributed by atoms with Gasteiger partial charge in [-0.15, -0.1) is 0 Å². The van der Waals surface area contributed by atoms with E-state index in [1.54, 1.807) is 13.8 Å². The third kappa shape index (κ3) is 8.87. The zero-order valence-corrected chi connectivity index (χ0v) is 13.4. The highest BCUT2D eigenvalue weighted by atomic mass is 16.5. The van der Waals surface area contributed by atoms with Crippen molar-refractivity contribution in [3.05, 3.63) is 0 Å². The van der Waals surface area contributed by atoms with E-state index < -0.39 is 12.1 Å². The van der Waals surface area contributed by atoms with Crippen LogP contribution in [0.15, 0.2) is 0 Å². The van der Waals surface area contributed by atoms with Gasteiger partial charge in [0, 0.05) is 12.1 Å². The van der Waals surface area contributed by atoms with Gasteiger partial charge in [-0.3, -0.25) is 9.59 Å². The van der Waals surface area contributed by atoms with Gasteiger partial charge in [-0.2, -0.15) is 0 Å². The van der Waals surface area contributed by atoms with Crippen molar-refractivity contribution < 1.29 is 19.1 Å². The highest BCUT2D eigenvalue weighted by Crippen LogP contribution is 2.00. The molecule has 2 unspecified atom stereocenters. The Morgan fingerprint density at radius 1 is 1.10 bits per heavy atom. The Kier molecular flexibility index (Phi) is 8.41. The summed E-state index contributed by atoms with van der Waals surface area (Å²) in [7, 11) is 0. The third-order valence-electron chi connectivity index (χ3n) is 2.42. The molecule has 0 aromatic heterocycles. The monoisotopic (exact) mass is 288 g/mol. The van der Waals surface area contributed by atoms with Gasteiger partial charge in [0.25, 0.3) is 0 Å². The van der Waals surface area contributed by atoms with Crippen molar-refractivity contribution in [3.63, 3.8) is 0 Å². The molecule has 0 saturated carbocycles. The standard InChI is InChI=1S/C14H28N2O4/c1-7-19-8-9-20-11(3)13(18)15-10(2)12(17)16-14(4,5)6/h10-11H,7-9H2,1-6H3,(H,15,18)(H,16,17). The molecular formula is C14H28N2O4. The minimum atomic E-state index is -0.611. The lowest BCUT2D eigenvalue weighted by Gasteiger charge is -2.24. The van der Waals surface area contributed by atoms with Crippen molar-refractivity contribution in [2.24, 2.45) is 0 Å². The number of hydrogen-bond donors (Lipinski definition) is 2. The first-order chi connectivity index (χ1) is 9.17. The van der Waals surface area contributed by atoms with Crippen LogP contribution in [0, 0.1) is 0 Å². The second-order valence-corrected chi connectivity index (χ2v) is 5.68. The van der Waals surface area contributed by atoms with E-state index >= 15 is 0 Å². The van der Waals surface area contributed by atoms with Gasteiger partial charge in [0.2, 0.25) is 11.8 Å². The molecule has 20 heavy (non-hydrogen) atoms. The number of rotatable bonds is 8. The number of nitrogens with one attached hydrogen (secondary N) is 2. The van der Waals surface area contributed by atoms with Crippen molar-refractivity contribution in [2.45, 2.75) is 59.2 Å². The molecule has 6 heteroatoms. The number of carbonyl (C=O) groups is 2. The predicted molar refractivity (Wildman–Crippen MR) is 77.4 cm³/mol. The van der Waals surface area contributed by atoms with Gasteiger partial charge in [0.1, 0.15) is 12.1 Å². The van der Waals surface area contributed by atoms with Gasteiger partial charge in [-0.05, 0) is 41.5 Å². The first-order valence-electron chi connectivity index (χ1n) is 6.99. The molecule has 0 aromatic carbocycles. The van der Waals surface area contributed by atoms with E-state index in [-0.39, 0.29) is 17.4 Å². The summed E-state index contributed by atoms with van der Waals surface area (Å²) >= 11 is 0. The first-order valence-corrected chi connectivity index (χ1v) is 6.99. The highest BCUT2D eigenvalue weighted by molar-refractivity contribution is 5.89. The lowest BCUT2D eigenvalue weighted by Crippen LogP contribution is -2.52. The number of carbonyl (C=O) groups excluding carboxylic acids is 2. The van der Waals surface area contributed by atoms with Gasteiger partial charge < -0.3 is 20.1 Å². The predicted octanol–water partition coefficient (Wildman–Crippen LogP) is 0.847. The summed E-state index contributed by atoms with van der Waals surface area (Å²) in [6, 6.07) is -0.598. The van der Waals surface area contributed by atoms with E-state index in [1.807, 2.05) is 27.7 Å². The van der Waals surface area contributed by atoms with Crippen LogP contribution in [0.5, 0.6) is 0 Å². The van der Waals surface area contributed by atoms with Crippen molar-refractivity contribution in [1.29, 1.82) is 0 Å². The third-order valence-corrected chi connectivity index (χ3v) is 2.42. The molecule has 2 amide bonds. The molecule has 0 aliphatic rings. The fourth-order valence-corrected chi connectivity index (χ4v) is 1.38. The summed E-state index contributed by atoms with van der Waals surface area (Å²) in [5.41, 5.74) is -0.324. The molecule has 0 heterocycles. The molecule has 118 valence electrons. The fraction of sp³-hybridized carbons (Fsp3) is 0.857. The van der Waals surface area contributed by atoms with Gasteiger partial charge in [-0.25, -0.2) is 0 Å². The molecule has 0 aliphatic carbocycles. The van der Waals surface area contributed by atoms with Crippen LogP contribution >= 0.6 is 0 Å². The van der Waals surface area contributed by atoms with Gasteiger partial charge in [0.15, 0.2) is 0 Å². The van der Waals surface area contributed by atoms with Crippen LogP contribution in [0.4, 0.5) is 0 Å². The molecule has 0 aliphatic heterocycles. The maximum Gasteiger partial charge on any atom is 0.249 e. The van der Waals surface area contributed by atoms with E-state index in [1.165, 1.54) is 0 Å². The molecule has 0 saturated heterocycles. The Bertz CT molecular complexity index is 313. The molecule has 6 nitrogen and oxygen atoms in total. The van der Waals surface area contributed by atoms with Crippen LogP contribution < -0.4 is 10.6 Å². The molecular weight excluding hydrogens is 260 g/mol. The van der Waals surface area contributed by atoms with Gasteiger partial charge in [0.05, 0.1) is 13.2 Å². The summed E-state index contributed by atoms with van der Waals surface area (Å²) in [5, 5.41) is 5.43. The summed E-state index contributed by atoms with van der Waals surface area (Å²) in [5.74, 6) is -0.523. The van der Waals surface area contributed by atoms with Crippen LogP contribution in [0.2, 0.25) is 0 Å². The van der Waals surface area contributed by atoms with Gasteiger partial charge in [-0.1, -0.05) is 0 Å². The fourth-order valence-electron chi connectivity index (χ4n) is 1.38. The lowest BCUT2D eigenvalue weighted by atomic mass is 10.1. The van der Waals surface area contributed by atoms with Crippen LogP contribution in [-0.4, -0.2) is 49.3 Å². The quantitative estimate of drug-likeness (QED) is 0.649. The van der Waals surface area contributed by atoms with Gasteiger partial charge >= 0.3 is 0 Å². The van der Waals surface area contributed by atoms with E-state index in [4.69, 9.17) is 9.47 Å². The van der Waals surface area contributed by atoms with Crippen LogP contribution in [0.25, 0.3) is 0 Å². The molecule has 2 atom stereocenters. The zero-order chi connectivity index (χ0) is 15.8. The van der Waals surface area contributed by atoms with E-state index in [2.05, 4.69) is 10.6 Å². The highest BCUT2D eigenvalue weighted by Gasteiger charge is 2.22. The number of hydrogen-bond acceptors (Lipinski definition) is 4.